The van der Waals surface area contributed by atoms with Gasteiger partial charge in [-0.1, -0.05) is 36.4 Å². The molecule has 0 spiro atoms. The minimum atomic E-state index is -1.71. The van der Waals surface area contributed by atoms with Gasteiger partial charge >= 0.3 is 0 Å². The Bertz CT molecular complexity index is 868. The van der Waals surface area contributed by atoms with Crippen LogP contribution in [-0.2, 0) is 0 Å². The van der Waals surface area contributed by atoms with E-state index < -0.39 is 12.5 Å². The van der Waals surface area contributed by atoms with Crippen LogP contribution in [0.2, 0.25) is 0 Å². The van der Waals surface area contributed by atoms with Gasteiger partial charge in [0.05, 0.1) is 16.9 Å². The van der Waals surface area contributed by atoms with Gasteiger partial charge < -0.3 is 10.6 Å². The van der Waals surface area contributed by atoms with Crippen LogP contribution in [0, 0.1) is 0 Å². The first kappa shape index (κ1) is 15.5. The molecule has 3 N–H and O–H groups in total. The van der Waals surface area contributed by atoms with Crippen LogP contribution >= 0.6 is 0 Å². The van der Waals surface area contributed by atoms with Crippen molar-refractivity contribution in [2.24, 2.45) is 0 Å². The zero-order valence-corrected chi connectivity index (χ0v) is 13.2. The maximum absolute atomic E-state index is 14.2. The van der Waals surface area contributed by atoms with Gasteiger partial charge in [-0.3, -0.25) is 0 Å². The van der Waals surface area contributed by atoms with Crippen LogP contribution in [0.15, 0.2) is 42.5 Å². The number of H-pyrrole nitrogens is 1. The molecule has 25 heavy (non-hydrogen) atoms. The van der Waals surface area contributed by atoms with Crippen LogP contribution in [0.25, 0.3) is 22.5 Å². The number of nitrogens with zero attached hydrogens (tertiary/aromatic N) is 4. The van der Waals surface area contributed by atoms with Gasteiger partial charge in [0, 0.05) is 13.0 Å². The van der Waals surface area contributed by atoms with E-state index in [0.29, 0.717) is 22.8 Å². The summed E-state index contributed by atoms with van der Waals surface area (Å²) in [5.74, 6) is 0.310. The summed E-state index contributed by atoms with van der Waals surface area (Å²) in [6.07, 6.45) is -3.08. The van der Waals surface area contributed by atoms with Gasteiger partial charge in [0.2, 0.25) is 12.1 Å². The highest BCUT2D eigenvalue weighted by molar-refractivity contribution is 5.94. The highest BCUT2D eigenvalue weighted by Crippen LogP contribution is 2.42. The summed E-state index contributed by atoms with van der Waals surface area (Å²) in [6.45, 7) is 0.267. The molecule has 0 aliphatic carbocycles. The van der Waals surface area contributed by atoms with E-state index in [1.165, 1.54) is 4.90 Å². The molecular weight excluding hydrogens is 326 g/mol. The molecule has 4 rings (SSSR count). The van der Waals surface area contributed by atoms with E-state index in [-0.39, 0.29) is 13.0 Å². The third-order valence-corrected chi connectivity index (χ3v) is 4.43. The lowest BCUT2D eigenvalue weighted by Gasteiger charge is -2.25. The molecule has 1 aliphatic heterocycles. The number of anilines is 2. The molecular formula is C17H16F2N6. The van der Waals surface area contributed by atoms with E-state index in [4.69, 9.17) is 5.73 Å². The summed E-state index contributed by atoms with van der Waals surface area (Å²) < 4.78 is 27.8. The number of hydrogen-bond acceptors (Lipinski definition) is 5. The SMILES string of the molecule is Nc1c(N2CCC(F)C2F)ccc(-c2ccccc2)c1-c1nn[nH]n1. The zero-order valence-electron chi connectivity index (χ0n) is 13.2. The molecule has 1 saturated heterocycles. The molecule has 0 amide bonds. The Morgan fingerprint density at radius 1 is 1.12 bits per heavy atom. The van der Waals surface area contributed by atoms with Crippen molar-refractivity contribution in [2.45, 2.75) is 18.9 Å². The summed E-state index contributed by atoms with van der Waals surface area (Å²) in [4.78, 5) is 1.35. The maximum atomic E-state index is 14.2. The van der Waals surface area contributed by atoms with Crippen LogP contribution < -0.4 is 10.6 Å². The fourth-order valence-electron chi connectivity index (χ4n) is 3.20. The average Bonchev–Trinajstić information content (AvgIpc) is 3.27. The minimum absolute atomic E-state index is 0.137. The molecule has 3 aromatic rings. The van der Waals surface area contributed by atoms with Crippen LogP contribution in [0.4, 0.5) is 20.2 Å². The van der Waals surface area contributed by atoms with Crippen LogP contribution in [0.5, 0.6) is 0 Å². The molecule has 0 bridgehead atoms. The summed E-state index contributed by atoms with van der Waals surface area (Å²) >= 11 is 0. The van der Waals surface area contributed by atoms with Crippen LogP contribution in [0.1, 0.15) is 6.42 Å². The smallest absolute Gasteiger partial charge is 0.207 e. The number of hydrogen-bond donors (Lipinski definition) is 2. The molecule has 0 saturated carbocycles. The Morgan fingerprint density at radius 3 is 2.56 bits per heavy atom. The fourth-order valence-corrected chi connectivity index (χ4v) is 3.20. The highest BCUT2D eigenvalue weighted by atomic mass is 19.2. The predicted octanol–water partition coefficient (Wildman–Crippen LogP) is 2.96. The number of nitrogens with two attached hydrogens (primary N) is 1. The van der Waals surface area contributed by atoms with E-state index >= 15 is 0 Å². The number of aromatic nitrogens is 4. The van der Waals surface area contributed by atoms with Crippen molar-refractivity contribution in [3.8, 4) is 22.5 Å². The van der Waals surface area contributed by atoms with Crippen LogP contribution in [-0.4, -0.2) is 39.6 Å². The van der Waals surface area contributed by atoms with Crippen molar-refractivity contribution in [2.75, 3.05) is 17.2 Å². The number of halogens is 2. The molecule has 1 aromatic heterocycles. The molecule has 2 aromatic carbocycles. The topological polar surface area (TPSA) is 83.7 Å². The highest BCUT2D eigenvalue weighted by Gasteiger charge is 2.36. The third kappa shape index (κ3) is 2.59. The van der Waals surface area contributed by atoms with E-state index in [1.54, 1.807) is 6.07 Å². The second-order valence-corrected chi connectivity index (χ2v) is 5.89. The molecule has 128 valence electrons. The Balaban J connectivity index is 1.89. The predicted molar refractivity (Wildman–Crippen MR) is 91.2 cm³/mol. The zero-order chi connectivity index (χ0) is 17.4. The molecule has 1 fully saturated rings. The van der Waals surface area contributed by atoms with E-state index in [0.717, 1.165) is 11.1 Å². The van der Waals surface area contributed by atoms with Crippen molar-refractivity contribution >= 4 is 11.4 Å². The second-order valence-electron chi connectivity index (χ2n) is 5.89. The summed E-state index contributed by atoms with van der Waals surface area (Å²) in [6, 6.07) is 13.1. The number of aromatic amines is 1. The Kier molecular flexibility index (Phi) is 3.79. The number of nitrogens with one attached hydrogen (secondary N) is 1. The second kappa shape index (κ2) is 6.12. The monoisotopic (exact) mass is 342 g/mol. The van der Waals surface area contributed by atoms with Gasteiger partial charge in [-0.15, -0.1) is 10.2 Å². The standard InChI is InChI=1S/C17H16F2N6/c18-12-8-9-25(16(12)19)13-7-6-11(10-4-2-1-3-5-10)14(15(13)20)17-21-23-24-22-17/h1-7,12,16H,8-9,20H2,(H,21,22,23,24). The number of benzene rings is 2. The molecule has 1 aliphatic rings. The third-order valence-electron chi connectivity index (χ3n) is 4.43. The lowest BCUT2D eigenvalue weighted by atomic mass is 9.96. The van der Waals surface area contributed by atoms with E-state index in [1.807, 2.05) is 36.4 Å². The average molecular weight is 342 g/mol. The van der Waals surface area contributed by atoms with Gasteiger partial charge in [-0.25, -0.2) is 8.78 Å². The summed E-state index contributed by atoms with van der Waals surface area (Å²) in [7, 11) is 0. The summed E-state index contributed by atoms with van der Waals surface area (Å²) in [5.41, 5.74) is 9.36. The molecule has 2 unspecified atom stereocenters. The number of rotatable bonds is 3. The normalized spacial score (nSPS) is 20.2. The maximum Gasteiger partial charge on any atom is 0.207 e. The summed E-state index contributed by atoms with van der Waals surface area (Å²) in [5, 5.41) is 14.0. The lowest BCUT2D eigenvalue weighted by molar-refractivity contribution is 0.200. The Morgan fingerprint density at radius 2 is 1.92 bits per heavy atom. The first-order valence-corrected chi connectivity index (χ1v) is 7.93. The Hall–Kier alpha value is -3.03. The van der Waals surface area contributed by atoms with Crippen molar-refractivity contribution in [3.63, 3.8) is 0 Å². The number of nitrogen functional groups attached to an aromatic ring is 1. The van der Waals surface area contributed by atoms with Gasteiger partial charge in [0.25, 0.3) is 0 Å². The molecule has 2 heterocycles. The number of tetrazole rings is 1. The van der Waals surface area contributed by atoms with Gasteiger partial charge in [-0.2, -0.15) is 5.21 Å². The lowest BCUT2D eigenvalue weighted by Crippen LogP contribution is -2.30. The number of alkyl halides is 2. The molecule has 0 radical (unpaired) electrons. The molecule has 2 atom stereocenters. The molecule has 8 heteroatoms. The first-order valence-electron chi connectivity index (χ1n) is 7.93. The van der Waals surface area contributed by atoms with Gasteiger partial charge in [-0.05, 0) is 22.4 Å². The minimum Gasteiger partial charge on any atom is -0.396 e. The van der Waals surface area contributed by atoms with Crippen molar-refractivity contribution in [1.29, 1.82) is 0 Å². The van der Waals surface area contributed by atoms with Crippen molar-refractivity contribution in [1.82, 2.24) is 20.6 Å². The van der Waals surface area contributed by atoms with Gasteiger partial charge in [0.15, 0.2) is 6.17 Å². The molecule has 6 nitrogen and oxygen atoms in total. The quantitative estimate of drug-likeness (QED) is 0.565. The van der Waals surface area contributed by atoms with Crippen LogP contribution in [0.3, 0.4) is 0 Å². The van der Waals surface area contributed by atoms with E-state index in [2.05, 4.69) is 20.6 Å². The van der Waals surface area contributed by atoms with Gasteiger partial charge in [0.1, 0.15) is 0 Å². The van der Waals surface area contributed by atoms with Crippen molar-refractivity contribution < 1.29 is 8.78 Å². The first-order chi connectivity index (χ1) is 12.2. The fraction of sp³-hybridized carbons (Fsp3) is 0.235. The largest absolute Gasteiger partial charge is 0.396 e. The van der Waals surface area contributed by atoms with E-state index in [9.17, 15) is 8.78 Å². The van der Waals surface area contributed by atoms with Crippen molar-refractivity contribution in [3.05, 3.63) is 42.5 Å². The Labute approximate surface area is 142 Å².